The number of alkyl halides is 2. The summed E-state index contributed by atoms with van der Waals surface area (Å²) in [6, 6.07) is 9.40. The Balaban J connectivity index is 1.47. The standard InChI is InChI=1S/C21H20F2N6S/c22-21(23)9-15(10-24)28(13-21)12-14-3-5-25-18(8-14)16-11-26-29-6-4-17(27-20(16)29)19-2-1-7-30-19/h1-8,11,15H,9-10,12-13,24H2/t15-/m0/s1. The van der Waals surface area contributed by atoms with E-state index in [1.165, 1.54) is 0 Å². The lowest BCUT2D eigenvalue weighted by Crippen LogP contribution is -2.35. The van der Waals surface area contributed by atoms with E-state index in [-0.39, 0.29) is 25.6 Å². The van der Waals surface area contributed by atoms with Gasteiger partial charge in [-0.05, 0) is 35.2 Å². The summed E-state index contributed by atoms with van der Waals surface area (Å²) >= 11 is 1.63. The molecule has 0 radical (unpaired) electrons. The molecule has 0 amide bonds. The number of hydrogen-bond donors (Lipinski definition) is 1. The third kappa shape index (κ3) is 3.60. The van der Waals surface area contributed by atoms with E-state index in [0.29, 0.717) is 17.9 Å². The summed E-state index contributed by atoms with van der Waals surface area (Å²) in [6.45, 7) is 0.353. The monoisotopic (exact) mass is 426 g/mol. The van der Waals surface area contributed by atoms with Crippen molar-refractivity contribution >= 4 is 17.0 Å². The van der Waals surface area contributed by atoms with Crippen LogP contribution in [0.15, 0.2) is 54.3 Å². The molecule has 4 aromatic heterocycles. The van der Waals surface area contributed by atoms with E-state index >= 15 is 0 Å². The van der Waals surface area contributed by atoms with Crippen molar-refractivity contribution in [3.8, 4) is 21.8 Å². The zero-order chi connectivity index (χ0) is 20.7. The molecule has 0 bridgehead atoms. The Kier molecular flexibility index (Phi) is 4.80. The van der Waals surface area contributed by atoms with Gasteiger partial charge in [0.1, 0.15) is 0 Å². The van der Waals surface area contributed by atoms with Crippen LogP contribution in [0, 0.1) is 0 Å². The predicted octanol–water partition coefficient (Wildman–Crippen LogP) is 3.69. The van der Waals surface area contributed by atoms with Gasteiger partial charge < -0.3 is 5.73 Å². The molecule has 0 aliphatic carbocycles. The van der Waals surface area contributed by atoms with Gasteiger partial charge in [0.05, 0.1) is 34.6 Å². The van der Waals surface area contributed by atoms with E-state index in [9.17, 15) is 8.78 Å². The molecular formula is C21H20F2N6S. The molecule has 0 saturated carbocycles. The van der Waals surface area contributed by atoms with Crippen LogP contribution >= 0.6 is 11.3 Å². The molecule has 154 valence electrons. The highest BCUT2D eigenvalue weighted by atomic mass is 32.1. The molecule has 0 aromatic carbocycles. The van der Waals surface area contributed by atoms with Crippen LogP contribution in [0.1, 0.15) is 12.0 Å². The summed E-state index contributed by atoms with van der Waals surface area (Å²) in [5.74, 6) is -2.69. The predicted molar refractivity (Wildman–Crippen MR) is 112 cm³/mol. The summed E-state index contributed by atoms with van der Waals surface area (Å²) in [5.41, 5.74) is 9.73. The lowest BCUT2D eigenvalue weighted by Gasteiger charge is -2.22. The second-order valence-electron chi connectivity index (χ2n) is 7.52. The van der Waals surface area contributed by atoms with Gasteiger partial charge in [-0.3, -0.25) is 9.88 Å². The van der Waals surface area contributed by atoms with Gasteiger partial charge in [0, 0.05) is 37.9 Å². The van der Waals surface area contributed by atoms with Crippen LogP contribution in [0.3, 0.4) is 0 Å². The number of pyridine rings is 1. The zero-order valence-corrected chi connectivity index (χ0v) is 16.9. The van der Waals surface area contributed by atoms with Crippen molar-refractivity contribution in [3.63, 3.8) is 0 Å². The number of aromatic nitrogens is 4. The van der Waals surface area contributed by atoms with Crippen molar-refractivity contribution in [2.75, 3.05) is 13.1 Å². The Morgan fingerprint density at radius 1 is 1.23 bits per heavy atom. The molecule has 5 rings (SSSR count). The van der Waals surface area contributed by atoms with E-state index in [1.807, 2.05) is 41.9 Å². The number of hydrogen-bond acceptors (Lipinski definition) is 6. The van der Waals surface area contributed by atoms with Crippen LogP contribution in [0.5, 0.6) is 0 Å². The lowest BCUT2D eigenvalue weighted by molar-refractivity contribution is 0.0113. The molecule has 4 aromatic rings. The average Bonchev–Trinajstić information content (AvgIpc) is 3.46. The van der Waals surface area contributed by atoms with Gasteiger partial charge in [0.2, 0.25) is 0 Å². The molecule has 9 heteroatoms. The van der Waals surface area contributed by atoms with Gasteiger partial charge >= 0.3 is 0 Å². The fourth-order valence-electron chi connectivity index (χ4n) is 3.95. The van der Waals surface area contributed by atoms with Crippen LogP contribution in [-0.4, -0.2) is 49.5 Å². The summed E-state index contributed by atoms with van der Waals surface area (Å²) in [4.78, 5) is 12.1. The Bertz CT molecular complexity index is 1170. The van der Waals surface area contributed by atoms with Crippen LogP contribution in [0.2, 0.25) is 0 Å². The summed E-state index contributed by atoms with van der Waals surface area (Å²) in [7, 11) is 0. The normalized spacial score (nSPS) is 19.0. The van der Waals surface area contributed by atoms with Crippen molar-refractivity contribution in [2.24, 2.45) is 5.73 Å². The van der Waals surface area contributed by atoms with Gasteiger partial charge in [-0.2, -0.15) is 5.10 Å². The van der Waals surface area contributed by atoms with Gasteiger partial charge in [-0.25, -0.2) is 18.3 Å². The largest absolute Gasteiger partial charge is 0.329 e. The smallest absolute Gasteiger partial charge is 0.262 e. The maximum atomic E-state index is 13.8. The highest BCUT2D eigenvalue weighted by Gasteiger charge is 2.44. The Hall–Kier alpha value is -2.75. The van der Waals surface area contributed by atoms with Gasteiger partial charge in [0.15, 0.2) is 5.65 Å². The number of fused-ring (bicyclic) bond motifs is 1. The molecule has 1 aliphatic heterocycles. The van der Waals surface area contributed by atoms with Gasteiger partial charge in [-0.1, -0.05) is 6.07 Å². The average molecular weight is 426 g/mol. The minimum Gasteiger partial charge on any atom is -0.329 e. The molecule has 5 heterocycles. The minimum atomic E-state index is -2.69. The molecule has 0 unspecified atom stereocenters. The quantitative estimate of drug-likeness (QED) is 0.527. The first-order chi connectivity index (χ1) is 14.5. The highest BCUT2D eigenvalue weighted by molar-refractivity contribution is 7.13. The van der Waals surface area contributed by atoms with E-state index in [2.05, 4.69) is 10.1 Å². The maximum absolute atomic E-state index is 13.8. The van der Waals surface area contributed by atoms with Gasteiger partial charge in [-0.15, -0.1) is 11.3 Å². The van der Waals surface area contributed by atoms with E-state index in [4.69, 9.17) is 10.7 Å². The first-order valence-electron chi connectivity index (χ1n) is 9.68. The Labute approximate surface area is 176 Å². The summed E-state index contributed by atoms with van der Waals surface area (Å²) in [6.07, 6.45) is 5.12. The Morgan fingerprint density at radius 3 is 2.93 bits per heavy atom. The molecule has 30 heavy (non-hydrogen) atoms. The van der Waals surface area contributed by atoms with Crippen molar-refractivity contribution in [3.05, 3.63) is 59.9 Å². The zero-order valence-electron chi connectivity index (χ0n) is 16.1. The lowest BCUT2D eigenvalue weighted by atomic mass is 10.1. The van der Waals surface area contributed by atoms with E-state index in [1.54, 1.807) is 33.1 Å². The number of likely N-dealkylation sites (tertiary alicyclic amines) is 1. The summed E-state index contributed by atoms with van der Waals surface area (Å²) in [5, 5.41) is 6.40. The number of rotatable bonds is 5. The molecule has 1 fully saturated rings. The number of nitrogens with two attached hydrogens (primary N) is 1. The van der Waals surface area contributed by atoms with Crippen molar-refractivity contribution in [1.29, 1.82) is 0 Å². The molecule has 2 N–H and O–H groups in total. The Morgan fingerprint density at radius 2 is 2.13 bits per heavy atom. The van der Waals surface area contributed by atoms with Crippen LogP contribution < -0.4 is 5.73 Å². The minimum absolute atomic E-state index is 0.190. The van der Waals surface area contributed by atoms with Gasteiger partial charge in [0.25, 0.3) is 5.92 Å². The highest BCUT2D eigenvalue weighted by Crippen LogP contribution is 2.33. The molecule has 0 spiro atoms. The first-order valence-corrected chi connectivity index (χ1v) is 10.6. The van der Waals surface area contributed by atoms with Crippen LogP contribution in [0.25, 0.3) is 27.5 Å². The second kappa shape index (κ2) is 7.50. The van der Waals surface area contributed by atoms with Crippen molar-refractivity contribution in [1.82, 2.24) is 24.5 Å². The topological polar surface area (TPSA) is 72.3 Å². The fraction of sp³-hybridized carbons (Fsp3) is 0.286. The molecule has 6 nitrogen and oxygen atoms in total. The van der Waals surface area contributed by atoms with Crippen molar-refractivity contribution < 1.29 is 8.78 Å². The molecule has 1 atom stereocenters. The summed E-state index contributed by atoms with van der Waals surface area (Å²) < 4.78 is 29.4. The first kappa shape index (κ1) is 19.2. The number of halogens is 2. The third-order valence-corrected chi connectivity index (χ3v) is 6.28. The fourth-order valence-corrected chi connectivity index (χ4v) is 4.64. The molecule has 1 aliphatic rings. The maximum Gasteiger partial charge on any atom is 0.262 e. The van der Waals surface area contributed by atoms with Crippen LogP contribution in [0.4, 0.5) is 8.78 Å². The second-order valence-corrected chi connectivity index (χ2v) is 8.47. The molecular weight excluding hydrogens is 406 g/mol. The van der Waals surface area contributed by atoms with Crippen molar-refractivity contribution in [2.45, 2.75) is 24.9 Å². The van der Waals surface area contributed by atoms with Crippen LogP contribution in [-0.2, 0) is 6.54 Å². The molecule has 1 saturated heterocycles. The van der Waals surface area contributed by atoms with E-state index < -0.39 is 5.92 Å². The van der Waals surface area contributed by atoms with E-state index in [0.717, 1.165) is 21.7 Å². The third-order valence-electron chi connectivity index (χ3n) is 5.39. The number of thiophene rings is 1. The SMILES string of the molecule is NC[C@@H]1CC(F)(F)CN1Cc1ccnc(-c2cnn3ccc(-c4cccs4)nc23)c1. The number of nitrogens with zero attached hydrogens (tertiary/aromatic N) is 5.